The van der Waals surface area contributed by atoms with Crippen LogP contribution in [0.5, 0.6) is 0 Å². The fraction of sp³-hybridized carbons (Fsp3) is 0.125. The average molecular weight is 301 g/mol. The van der Waals surface area contributed by atoms with E-state index in [2.05, 4.69) is 0 Å². The molecule has 1 N–H and O–H groups in total. The predicted molar refractivity (Wildman–Crippen MR) is 83.2 cm³/mol. The Bertz CT molecular complexity index is 645. The van der Waals surface area contributed by atoms with Gasteiger partial charge in [-0.05, 0) is 28.6 Å². The Morgan fingerprint density at radius 3 is 2.52 bits per heavy atom. The quantitative estimate of drug-likeness (QED) is 0.863. The van der Waals surface area contributed by atoms with Crippen LogP contribution < -0.4 is 0 Å². The Morgan fingerprint density at radius 2 is 1.95 bits per heavy atom. The van der Waals surface area contributed by atoms with Crippen LogP contribution in [0.25, 0.3) is 6.08 Å². The van der Waals surface area contributed by atoms with E-state index in [9.17, 15) is 9.59 Å². The van der Waals surface area contributed by atoms with Gasteiger partial charge in [0.1, 0.15) is 0 Å². The number of hydrogen-bond donors (Lipinski definition) is 1. The number of amides is 1. The molecule has 21 heavy (non-hydrogen) atoms. The van der Waals surface area contributed by atoms with Crippen molar-refractivity contribution in [1.29, 1.82) is 0 Å². The van der Waals surface area contributed by atoms with Crippen molar-refractivity contribution in [2.24, 2.45) is 0 Å². The van der Waals surface area contributed by atoms with Gasteiger partial charge in [-0.2, -0.15) is 0 Å². The van der Waals surface area contributed by atoms with Gasteiger partial charge in [-0.25, -0.2) is 4.79 Å². The number of aliphatic carboxylic acids is 1. The molecule has 4 nitrogen and oxygen atoms in total. The highest BCUT2D eigenvalue weighted by atomic mass is 32.1. The molecule has 0 aliphatic carbocycles. The SMILES string of the molecule is CN(Cc1ccc(C=CC(=O)O)cc1)C(=O)c1cccs1. The lowest BCUT2D eigenvalue weighted by molar-refractivity contribution is -0.131. The Balaban J connectivity index is 2.00. The number of carbonyl (C=O) groups is 2. The van der Waals surface area contributed by atoms with Crippen LogP contribution in [0, 0.1) is 0 Å². The minimum Gasteiger partial charge on any atom is -0.478 e. The molecule has 1 amide bonds. The molecular weight excluding hydrogens is 286 g/mol. The molecule has 5 heteroatoms. The number of benzene rings is 1. The van der Waals surface area contributed by atoms with Gasteiger partial charge in [-0.3, -0.25) is 4.79 Å². The van der Waals surface area contributed by atoms with E-state index in [1.54, 1.807) is 11.9 Å². The van der Waals surface area contributed by atoms with Gasteiger partial charge in [0.2, 0.25) is 0 Å². The number of hydrogen-bond acceptors (Lipinski definition) is 3. The molecule has 0 unspecified atom stereocenters. The minimum absolute atomic E-state index is 0.000139. The second-order valence-corrected chi connectivity index (χ2v) is 5.50. The first-order valence-electron chi connectivity index (χ1n) is 6.35. The molecule has 0 fully saturated rings. The van der Waals surface area contributed by atoms with Gasteiger partial charge in [0, 0.05) is 19.7 Å². The number of rotatable bonds is 5. The van der Waals surface area contributed by atoms with Crippen LogP contribution in [0.1, 0.15) is 20.8 Å². The van der Waals surface area contributed by atoms with Crippen LogP contribution in [-0.2, 0) is 11.3 Å². The van der Waals surface area contributed by atoms with E-state index in [1.165, 1.54) is 17.4 Å². The first-order chi connectivity index (χ1) is 10.1. The minimum atomic E-state index is -0.972. The summed E-state index contributed by atoms with van der Waals surface area (Å²) in [5, 5.41) is 10.4. The third-order valence-corrected chi connectivity index (χ3v) is 3.75. The molecule has 0 aliphatic rings. The molecule has 108 valence electrons. The molecule has 0 spiro atoms. The maximum atomic E-state index is 12.1. The summed E-state index contributed by atoms with van der Waals surface area (Å²) in [5.41, 5.74) is 1.81. The molecule has 2 aromatic rings. The fourth-order valence-electron chi connectivity index (χ4n) is 1.84. The summed E-state index contributed by atoms with van der Waals surface area (Å²) in [6.45, 7) is 0.514. The Labute approximate surface area is 127 Å². The largest absolute Gasteiger partial charge is 0.478 e. The van der Waals surface area contributed by atoms with Crippen molar-refractivity contribution in [2.75, 3.05) is 7.05 Å². The lowest BCUT2D eigenvalue weighted by Gasteiger charge is -2.16. The van der Waals surface area contributed by atoms with Gasteiger partial charge < -0.3 is 10.0 Å². The molecule has 1 aromatic carbocycles. The van der Waals surface area contributed by atoms with Crippen LogP contribution in [0.4, 0.5) is 0 Å². The second kappa shape index (κ2) is 6.85. The third-order valence-electron chi connectivity index (χ3n) is 2.90. The second-order valence-electron chi connectivity index (χ2n) is 4.55. The van der Waals surface area contributed by atoms with Crippen molar-refractivity contribution in [2.45, 2.75) is 6.54 Å². The highest BCUT2D eigenvalue weighted by molar-refractivity contribution is 7.12. The number of carboxylic acid groups (broad SMARTS) is 1. The molecule has 1 aromatic heterocycles. The van der Waals surface area contributed by atoms with Gasteiger partial charge in [0.05, 0.1) is 4.88 Å². The van der Waals surface area contributed by atoms with Crippen molar-refractivity contribution in [3.63, 3.8) is 0 Å². The highest BCUT2D eigenvalue weighted by Gasteiger charge is 2.12. The van der Waals surface area contributed by atoms with Crippen molar-refractivity contribution >= 4 is 29.3 Å². The van der Waals surface area contributed by atoms with Crippen molar-refractivity contribution in [3.05, 3.63) is 63.9 Å². The summed E-state index contributed by atoms with van der Waals surface area (Å²) in [4.78, 5) is 24.9. The molecule has 0 saturated heterocycles. The summed E-state index contributed by atoms with van der Waals surface area (Å²) in [6.07, 6.45) is 2.63. The first kappa shape index (κ1) is 15.0. The van der Waals surface area contributed by atoms with Crippen LogP contribution in [0.15, 0.2) is 47.9 Å². The van der Waals surface area contributed by atoms with E-state index in [4.69, 9.17) is 5.11 Å². The number of carboxylic acids is 1. The van der Waals surface area contributed by atoms with Gasteiger partial charge in [-0.1, -0.05) is 30.3 Å². The smallest absolute Gasteiger partial charge is 0.328 e. The molecule has 1 heterocycles. The predicted octanol–water partition coefficient (Wildman–Crippen LogP) is 3.12. The van der Waals surface area contributed by atoms with E-state index in [0.717, 1.165) is 22.1 Å². The lowest BCUT2D eigenvalue weighted by atomic mass is 10.1. The summed E-state index contributed by atoms with van der Waals surface area (Å²) in [6, 6.07) is 11.1. The molecule has 0 atom stereocenters. The maximum absolute atomic E-state index is 12.1. The normalized spacial score (nSPS) is 10.7. The van der Waals surface area contributed by atoms with Crippen LogP contribution in [-0.4, -0.2) is 28.9 Å². The summed E-state index contributed by atoms with van der Waals surface area (Å²) < 4.78 is 0. The van der Waals surface area contributed by atoms with E-state index >= 15 is 0 Å². The van der Waals surface area contributed by atoms with E-state index in [0.29, 0.717) is 6.54 Å². The molecule has 0 radical (unpaired) electrons. The Hall–Kier alpha value is -2.40. The topological polar surface area (TPSA) is 57.6 Å². The number of carbonyl (C=O) groups excluding carboxylic acids is 1. The zero-order valence-corrected chi connectivity index (χ0v) is 12.3. The highest BCUT2D eigenvalue weighted by Crippen LogP contribution is 2.14. The standard InChI is InChI=1S/C16H15NO3S/c1-17(16(20)14-3-2-10-21-14)11-13-6-4-12(5-7-13)8-9-15(18)19/h2-10H,11H2,1H3,(H,18,19). The molecular formula is C16H15NO3S. The van der Waals surface area contributed by atoms with E-state index < -0.39 is 5.97 Å². The fourth-order valence-corrected chi connectivity index (χ4v) is 2.55. The van der Waals surface area contributed by atoms with Crippen molar-refractivity contribution in [1.82, 2.24) is 4.90 Å². The Morgan fingerprint density at radius 1 is 1.24 bits per heavy atom. The molecule has 2 rings (SSSR count). The van der Waals surface area contributed by atoms with Gasteiger partial charge in [0.15, 0.2) is 0 Å². The van der Waals surface area contributed by atoms with Crippen LogP contribution in [0.2, 0.25) is 0 Å². The van der Waals surface area contributed by atoms with Crippen molar-refractivity contribution in [3.8, 4) is 0 Å². The third kappa shape index (κ3) is 4.29. The Kier molecular flexibility index (Phi) is 4.90. The first-order valence-corrected chi connectivity index (χ1v) is 7.23. The summed E-state index contributed by atoms with van der Waals surface area (Å²) in [7, 11) is 1.76. The van der Waals surface area contributed by atoms with Crippen LogP contribution in [0.3, 0.4) is 0 Å². The molecule has 0 saturated carbocycles. The zero-order valence-electron chi connectivity index (χ0n) is 11.5. The number of nitrogens with zero attached hydrogens (tertiary/aromatic N) is 1. The summed E-state index contributed by atoms with van der Waals surface area (Å²) >= 11 is 1.43. The van der Waals surface area contributed by atoms with Gasteiger partial charge in [-0.15, -0.1) is 11.3 Å². The maximum Gasteiger partial charge on any atom is 0.328 e. The van der Waals surface area contributed by atoms with Gasteiger partial charge >= 0.3 is 5.97 Å². The van der Waals surface area contributed by atoms with Crippen LogP contribution >= 0.6 is 11.3 Å². The molecule has 0 aliphatic heterocycles. The zero-order chi connectivity index (χ0) is 15.2. The monoisotopic (exact) mass is 301 g/mol. The lowest BCUT2D eigenvalue weighted by Crippen LogP contribution is -2.25. The molecule has 0 bridgehead atoms. The average Bonchev–Trinajstić information content (AvgIpc) is 2.99. The number of thiophene rings is 1. The van der Waals surface area contributed by atoms with Crippen molar-refractivity contribution < 1.29 is 14.7 Å². The van der Waals surface area contributed by atoms with E-state index in [-0.39, 0.29) is 5.91 Å². The summed E-state index contributed by atoms with van der Waals surface area (Å²) in [5.74, 6) is -0.972. The van der Waals surface area contributed by atoms with E-state index in [1.807, 2.05) is 41.8 Å². The van der Waals surface area contributed by atoms with Gasteiger partial charge in [0.25, 0.3) is 5.91 Å².